The molecule has 5 heteroatoms. The van der Waals surface area contributed by atoms with Crippen molar-refractivity contribution in [3.05, 3.63) is 150 Å². The largest absolute Gasteiger partial charge is 0.436 e. The Morgan fingerprint density at radius 1 is 0.634 bits per heavy atom. The molecule has 1 heterocycles. The zero-order chi connectivity index (χ0) is 28.2. The molecule has 0 saturated carbocycles. The van der Waals surface area contributed by atoms with E-state index in [2.05, 4.69) is 60.4 Å². The van der Waals surface area contributed by atoms with Crippen molar-refractivity contribution in [3.63, 3.8) is 0 Å². The van der Waals surface area contributed by atoms with Gasteiger partial charge in [0.2, 0.25) is 5.89 Å². The number of hydrogen-bond acceptors (Lipinski definition) is 3. The summed E-state index contributed by atoms with van der Waals surface area (Å²) in [5.74, 6) is 1.22. The molecule has 6 aromatic carbocycles. The van der Waals surface area contributed by atoms with E-state index in [1.165, 1.54) is 27.1 Å². The van der Waals surface area contributed by atoms with Crippen LogP contribution in [-0.4, -0.2) is 16.7 Å². The van der Waals surface area contributed by atoms with E-state index in [0.717, 1.165) is 27.8 Å². The summed E-state index contributed by atoms with van der Waals surface area (Å²) in [5, 5.41) is 12.8. The maximum Gasteiger partial charge on any atom is 0.228 e. The highest BCUT2D eigenvalue weighted by Gasteiger charge is 2.17. The number of nitrogens with two attached hydrogens (primary N) is 1. The molecule has 0 fully saturated rings. The lowest BCUT2D eigenvalue weighted by molar-refractivity contribution is 0.620. The molecule has 7 rings (SSSR count). The lowest BCUT2D eigenvalue weighted by atomic mass is 9.92. The third-order valence-corrected chi connectivity index (χ3v) is 7.05. The molecule has 0 aliphatic rings. The van der Waals surface area contributed by atoms with E-state index in [1.54, 1.807) is 0 Å². The van der Waals surface area contributed by atoms with Crippen molar-refractivity contribution in [1.82, 2.24) is 4.98 Å². The van der Waals surface area contributed by atoms with E-state index in [0.29, 0.717) is 11.7 Å². The number of oxazole rings is 1. The molecule has 0 amide bonds. The van der Waals surface area contributed by atoms with Crippen molar-refractivity contribution in [2.24, 2.45) is 10.7 Å². The Hall–Kier alpha value is -5.55. The highest BCUT2D eigenvalue weighted by molar-refractivity contribution is 6.15. The van der Waals surface area contributed by atoms with Gasteiger partial charge in [-0.05, 0) is 46.2 Å². The third kappa shape index (κ3) is 5.21. The van der Waals surface area contributed by atoms with Gasteiger partial charge in [0, 0.05) is 16.7 Å². The highest BCUT2D eigenvalue weighted by Crippen LogP contribution is 2.39. The predicted octanol–water partition coefficient (Wildman–Crippen LogP) is 8.53. The second kappa shape index (κ2) is 11.3. The van der Waals surface area contributed by atoms with Gasteiger partial charge in [-0.25, -0.2) is 9.98 Å². The molecule has 5 nitrogen and oxygen atoms in total. The molecule has 3 N–H and O–H groups in total. The molecule has 0 spiro atoms. The number of benzene rings is 6. The van der Waals surface area contributed by atoms with Gasteiger partial charge < -0.3 is 10.2 Å². The first kappa shape index (κ1) is 25.7. The normalized spacial score (nSPS) is 11.4. The average Bonchev–Trinajstić information content (AvgIpc) is 3.46. The van der Waals surface area contributed by atoms with Gasteiger partial charge in [-0.3, -0.25) is 5.41 Å². The molecule has 7 aromatic rings. The molecular formula is C36H28N4O. The standard InChI is InChI=1S/C22H15NO.C14H13N3/c1-14-15-8-2-3-9-16(15)17-10-4-5-11-18(17)21(14)22-23-19-12-6-7-13-20(19)24-22;15-13(11-7-3-1-4-8-11)17-14(16)12-9-5-2-6-10-12/h2-13H,1H3;1-10H,(H3,15,16,17). The summed E-state index contributed by atoms with van der Waals surface area (Å²) in [5.41, 5.74) is 11.4. The number of aryl methyl sites for hydroxylation is 1. The summed E-state index contributed by atoms with van der Waals surface area (Å²) in [7, 11) is 0. The van der Waals surface area contributed by atoms with Crippen LogP contribution in [0, 0.1) is 12.3 Å². The van der Waals surface area contributed by atoms with Crippen LogP contribution >= 0.6 is 0 Å². The van der Waals surface area contributed by atoms with Crippen LogP contribution in [0.1, 0.15) is 16.7 Å². The third-order valence-electron chi connectivity index (χ3n) is 7.05. The maximum absolute atomic E-state index is 7.84. The second-order valence-corrected chi connectivity index (χ2v) is 9.66. The van der Waals surface area contributed by atoms with Crippen LogP contribution in [0.15, 0.2) is 143 Å². The Labute approximate surface area is 238 Å². The van der Waals surface area contributed by atoms with Crippen LogP contribution in [0.3, 0.4) is 0 Å². The van der Waals surface area contributed by atoms with Crippen LogP contribution in [0.2, 0.25) is 0 Å². The summed E-state index contributed by atoms with van der Waals surface area (Å²) in [6.45, 7) is 2.15. The van der Waals surface area contributed by atoms with E-state index in [4.69, 9.17) is 20.5 Å². The minimum Gasteiger partial charge on any atom is -0.436 e. The van der Waals surface area contributed by atoms with Crippen molar-refractivity contribution in [2.45, 2.75) is 6.92 Å². The maximum atomic E-state index is 7.84. The van der Waals surface area contributed by atoms with Gasteiger partial charge in [-0.1, -0.05) is 121 Å². The number of rotatable bonds is 3. The molecule has 41 heavy (non-hydrogen) atoms. The smallest absolute Gasteiger partial charge is 0.228 e. The summed E-state index contributed by atoms with van der Waals surface area (Å²) < 4.78 is 6.08. The molecule has 1 aromatic heterocycles. The predicted molar refractivity (Wildman–Crippen MR) is 170 cm³/mol. The number of aliphatic imine (C=N–C) groups is 1. The number of nitrogens with one attached hydrogen (secondary N) is 1. The number of hydrogen-bond donors (Lipinski definition) is 2. The summed E-state index contributed by atoms with van der Waals surface area (Å²) in [6, 6.07) is 43.7. The minimum absolute atomic E-state index is 0.173. The summed E-state index contributed by atoms with van der Waals surface area (Å²) in [6.07, 6.45) is 0. The molecule has 0 aliphatic heterocycles. The zero-order valence-corrected chi connectivity index (χ0v) is 22.6. The molecule has 0 unspecified atom stereocenters. The topological polar surface area (TPSA) is 88.3 Å². The lowest BCUT2D eigenvalue weighted by Crippen LogP contribution is -2.15. The minimum atomic E-state index is 0.173. The number of para-hydroxylation sites is 2. The van der Waals surface area contributed by atoms with E-state index >= 15 is 0 Å². The first-order valence-corrected chi connectivity index (χ1v) is 13.4. The zero-order valence-electron chi connectivity index (χ0n) is 22.6. The Morgan fingerprint density at radius 3 is 1.80 bits per heavy atom. The van der Waals surface area contributed by atoms with Gasteiger partial charge in [0.25, 0.3) is 0 Å². The van der Waals surface area contributed by atoms with Crippen LogP contribution in [0.25, 0.3) is 44.1 Å². The van der Waals surface area contributed by atoms with Crippen LogP contribution in [0.4, 0.5) is 0 Å². The Bertz CT molecular complexity index is 1990. The van der Waals surface area contributed by atoms with E-state index in [1.807, 2.05) is 84.9 Å². The fourth-order valence-electron chi connectivity index (χ4n) is 5.03. The average molecular weight is 533 g/mol. The highest BCUT2D eigenvalue weighted by atomic mass is 16.3. The fraction of sp³-hybridized carbons (Fsp3) is 0.0278. The molecule has 198 valence electrons. The van der Waals surface area contributed by atoms with Crippen molar-refractivity contribution in [3.8, 4) is 11.5 Å². The molecule has 0 atom stereocenters. The first-order valence-electron chi connectivity index (χ1n) is 13.4. The van der Waals surface area contributed by atoms with E-state index in [9.17, 15) is 0 Å². The van der Waals surface area contributed by atoms with Crippen LogP contribution in [-0.2, 0) is 0 Å². The monoisotopic (exact) mass is 532 g/mol. The quantitative estimate of drug-likeness (QED) is 0.136. The summed E-state index contributed by atoms with van der Waals surface area (Å²) >= 11 is 0. The van der Waals surface area contributed by atoms with Gasteiger partial charge in [-0.15, -0.1) is 0 Å². The van der Waals surface area contributed by atoms with Gasteiger partial charge in [0.15, 0.2) is 11.4 Å². The van der Waals surface area contributed by atoms with E-state index in [-0.39, 0.29) is 5.84 Å². The molecular weight excluding hydrogens is 504 g/mol. The number of fused-ring (bicyclic) bond motifs is 4. The number of nitrogens with zero attached hydrogens (tertiary/aromatic N) is 2. The number of amidine groups is 2. The SMILES string of the molecule is Cc1c(-c2nc3ccccc3o2)c2ccccc2c2ccccc12.N=C(N=C(N)c1ccccc1)c1ccccc1. The molecule has 0 saturated heterocycles. The fourth-order valence-corrected chi connectivity index (χ4v) is 5.03. The lowest BCUT2D eigenvalue weighted by Gasteiger charge is -2.12. The summed E-state index contributed by atoms with van der Waals surface area (Å²) in [4.78, 5) is 8.83. The van der Waals surface area contributed by atoms with Crippen molar-refractivity contribution >= 4 is 44.3 Å². The Morgan fingerprint density at radius 2 is 1.15 bits per heavy atom. The number of aromatic nitrogens is 1. The first-order chi connectivity index (χ1) is 20.1. The Kier molecular flexibility index (Phi) is 7.08. The van der Waals surface area contributed by atoms with Gasteiger partial charge >= 0.3 is 0 Å². The van der Waals surface area contributed by atoms with Crippen molar-refractivity contribution < 1.29 is 4.42 Å². The van der Waals surface area contributed by atoms with Gasteiger partial charge in [0.1, 0.15) is 11.4 Å². The molecule has 0 bridgehead atoms. The van der Waals surface area contributed by atoms with Crippen molar-refractivity contribution in [1.29, 1.82) is 5.41 Å². The second-order valence-electron chi connectivity index (χ2n) is 9.66. The molecule has 0 aliphatic carbocycles. The van der Waals surface area contributed by atoms with Gasteiger partial charge in [-0.2, -0.15) is 0 Å². The van der Waals surface area contributed by atoms with Crippen molar-refractivity contribution in [2.75, 3.05) is 0 Å². The van der Waals surface area contributed by atoms with Crippen LogP contribution < -0.4 is 5.73 Å². The van der Waals surface area contributed by atoms with E-state index < -0.39 is 0 Å². The van der Waals surface area contributed by atoms with Crippen LogP contribution in [0.5, 0.6) is 0 Å². The van der Waals surface area contributed by atoms with Gasteiger partial charge in [0.05, 0.1) is 0 Å². The Balaban J connectivity index is 0.000000158. The molecule has 0 radical (unpaired) electrons.